The summed E-state index contributed by atoms with van der Waals surface area (Å²) in [4.78, 5) is 20.7. The molecule has 2 heterocycles. The molecule has 0 bridgehead atoms. The summed E-state index contributed by atoms with van der Waals surface area (Å²) in [7, 11) is 0. The zero-order valence-corrected chi connectivity index (χ0v) is 16.7. The molecule has 0 unspecified atom stereocenters. The highest BCUT2D eigenvalue weighted by atomic mass is 35.5. The number of hydrogen-bond acceptors (Lipinski definition) is 5. The minimum Gasteiger partial charge on any atom is -0.332 e. The van der Waals surface area contributed by atoms with Crippen molar-refractivity contribution in [1.82, 2.24) is 9.97 Å². The smallest absolute Gasteiger partial charge is 0.323 e. The first-order chi connectivity index (χ1) is 14.2. The van der Waals surface area contributed by atoms with E-state index in [4.69, 9.17) is 11.6 Å². The fraction of sp³-hybridized carbons (Fsp3) is 0. The molecule has 0 aliphatic carbocycles. The predicted molar refractivity (Wildman–Crippen MR) is 119 cm³/mol. The van der Waals surface area contributed by atoms with E-state index < -0.39 is 0 Å². The molecule has 2 aromatic carbocycles. The normalized spacial score (nSPS) is 10.4. The minimum atomic E-state index is -0.324. The third-order valence-electron chi connectivity index (χ3n) is 3.98. The van der Waals surface area contributed by atoms with Gasteiger partial charge in [-0.1, -0.05) is 11.6 Å². The molecule has 3 N–H and O–H groups in total. The molecule has 6 nitrogen and oxygen atoms in total. The van der Waals surface area contributed by atoms with Gasteiger partial charge in [-0.3, -0.25) is 4.98 Å². The number of carbonyl (C=O) groups excluding carboxylic acids is 1. The van der Waals surface area contributed by atoms with Crippen LogP contribution in [0.25, 0.3) is 11.3 Å². The Hall–Kier alpha value is -3.42. The van der Waals surface area contributed by atoms with Crippen LogP contribution in [0.5, 0.6) is 0 Å². The van der Waals surface area contributed by atoms with E-state index in [1.54, 1.807) is 36.7 Å². The molecule has 0 aliphatic heterocycles. The lowest BCUT2D eigenvalue weighted by Gasteiger charge is -2.09. The second kappa shape index (κ2) is 8.72. The molecule has 0 spiro atoms. The molecule has 4 rings (SSSR count). The number of amides is 2. The number of urea groups is 1. The Kier molecular flexibility index (Phi) is 5.69. The summed E-state index contributed by atoms with van der Waals surface area (Å²) >= 11 is 7.37. The summed E-state index contributed by atoms with van der Waals surface area (Å²) in [5, 5.41) is 12.2. The van der Waals surface area contributed by atoms with Gasteiger partial charge in [0, 0.05) is 45.4 Å². The molecule has 2 aromatic heterocycles. The number of hydrogen-bond donors (Lipinski definition) is 3. The Labute approximate surface area is 176 Å². The molecule has 0 saturated heterocycles. The van der Waals surface area contributed by atoms with Crippen LogP contribution in [0, 0.1) is 0 Å². The first-order valence-electron chi connectivity index (χ1n) is 8.72. The number of thiazole rings is 1. The first-order valence-corrected chi connectivity index (χ1v) is 9.98. The van der Waals surface area contributed by atoms with Crippen molar-refractivity contribution < 1.29 is 4.79 Å². The van der Waals surface area contributed by atoms with Crippen LogP contribution in [-0.2, 0) is 0 Å². The maximum absolute atomic E-state index is 12.1. The minimum absolute atomic E-state index is 0.324. The van der Waals surface area contributed by atoms with Crippen LogP contribution in [0.2, 0.25) is 5.02 Å². The van der Waals surface area contributed by atoms with E-state index in [-0.39, 0.29) is 6.03 Å². The molecule has 144 valence electrons. The van der Waals surface area contributed by atoms with Gasteiger partial charge in [0.15, 0.2) is 5.13 Å². The van der Waals surface area contributed by atoms with E-state index >= 15 is 0 Å². The summed E-state index contributed by atoms with van der Waals surface area (Å²) in [5.74, 6) is 0. The van der Waals surface area contributed by atoms with Crippen molar-refractivity contribution in [3.8, 4) is 11.3 Å². The van der Waals surface area contributed by atoms with Gasteiger partial charge in [-0.2, -0.15) is 0 Å². The monoisotopic (exact) mass is 421 g/mol. The van der Waals surface area contributed by atoms with Gasteiger partial charge in [0.2, 0.25) is 0 Å². The third kappa shape index (κ3) is 5.10. The number of nitrogens with zero attached hydrogens (tertiary/aromatic N) is 2. The molecular formula is C21H16ClN5OS. The zero-order chi connectivity index (χ0) is 20.1. The lowest BCUT2D eigenvalue weighted by molar-refractivity contribution is 0.262. The van der Waals surface area contributed by atoms with Gasteiger partial charge < -0.3 is 16.0 Å². The SMILES string of the molecule is O=C(Nc1ccc(Cl)cc1)Nc1ccc(Nc2nc(-c3ccncc3)cs2)cc1. The van der Waals surface area contributed by atoms with Crippen LogP contribution >= 0.6 is 22.9 Å². The van der Waals surface area contributed by atoms with E-state index in [9.17, 15) is 4.79 Å². The topological polar surface area (TPSA) is 78.9 Å². The van der Waals surface area contributed by atoms with Crippen molar-refractivity contribution in [3.63, 3.8) is 0 Å². The Morgan fingerprint density at radius 1 is 0.828 bits per heavy atom. The quantitative estimate of drug-likeness (QED) is 0.356. The Balaban J connectivity index is 1.35. The van der Waals surface area contributed by atoms with Gasteiger partial charge in [-0.05, 0) is 60.7 Å². The highest BCUT2D eigenvalue weighted by Crippen LogP contribution is 2.27. The zero-order valence-electron chi connectivity index (χ0n) is 15.1. The number of rotatable bonds is 5. The van der Waals surface area contributed by atoms with Crippen LogP contribution in [0.1, 0.15) is 0 Å². The number of carbonyl (C=O) groups is 1. The molecule has 0 atom stereocenters. The number of nitrogens with one attached hydrogen (secondary N) is 3. The molecule has 29 heavy (non-hydrogen) atoms. The Bertz CT molecular complexity index is 1100. The number of aromatic nitrogens is 2. The lowest BCUT2D eigenvalue weighted by Crippen LogP contribution is -2.19. The van der Waals surface area contributed by atoms with Crippen LogP contribution in [0.3, 0.4) is 0 Å². The first kappa shape index (κ1) is 18.9. The van der Waals surface area contributed by atoms with Crippen LogP contribution in [-0.4, -0.2) is 16.0 Å². The van der Waals surface area contributed by atoms with Crippen molar-refractivity contribution in [1.29, 1.82) is 0 Å². The molecule has 0 saturated carbocycles. The number of benzene rings is 2. The molecule has 0 radical (unpaired) electrons. The highest BCUT2D eigenvalue weighted by molar-refractivity contribution is 7.14. The summed E-state index contributed by atoms with van der Waals surface area (Å²) in [6.07, 6.45) is 3.49. The molecule has 2 amide bonds. The maximum atomic E-state index is 12.1. The second-order valence-corrected chi connectivity index (χ2v) is 7.36. The van der Waals surface area contributed by atoms with Crippen molar-refractivity contribution in [2.24, 2.45) is 0 Å². The second-order valence-electron chi connectivity index (χ2n) is 6.06. The van der Waals surface area contributed by atoms with Gasteiger partial charge in [-0.15, -0.1) is 11.3 Å². The van der Waals surface area contributed by atoms with Gasteiger partial charge in [0.1, 0.15) is 0 Å². The average Bonchev–Trinajstić information content (AvgIpc) is 3.20. The van der Waals surface area contributed by atoms with Gasteiger partial charge in [-0.25, -0.2) is 9.78 Å². The Morgan fingerprint density at radius 2 is 1.41 bits per heavy atom. The van der Waals surface area contributed by atoms with Gasteiger partial charge in [0.25, 0.3) is 0 Å². The third-order valence-corrected chi connectivity index (χ3v) is 4.99. The predicted octanol–water partition coefficient (Wildman–Crippen LogP) is 6.25. The molecule has 4 aromatic rings. The number of anilines is 4. The average molecular weight is 422 g/mol. The fourth-order valence-electron chi connectivity index (χ4n) is 2.57. The van der Waals surface area contributed by atoms with Crippen molar-refractivity contribution in [2.75, 3.05) is 16.0 Å². The Morgan fingerprint density at radius 3 is 2.07 bits per heavy atom. The molecule has 0 aliphatic rings. The summed E-state index contributed by atoms with van der Waals surface area (Å²) < 4.78 is 0. The van der Waals surface area contributed by atoms with Crippen LogP contribution in [0.15, 0.2) is 78.4 Å². The summed E-state index contributed by atoms with van der Waals surface area (Å²) in [5.41, 5.74) is 4.15. The molecule has 8 heteroatoms. The molecule has 0 fully saturated rings. The molecular weight excluding hydrogens is 406 g/mol. The summed E-state index contributed by atoms with van der Waals surface area (Å²) in [6, 6.07) is 17.8. The lowest BCUT2D eigenvalue weighted by atomic mass is 10.2. The highest BCUT2D eigenvalue weighted by Gasteiger charge is 2.06. The van der Waals surface area contributed by atoms with Gasteiger partial charge in [0.05, 0.1) is 5.69 Å². The van der Waals surface area contributed by atoms with Crippen LogP contribution in [0.4, 0.5) is 27.0 Å². The van der Waals surface area contributed by atoms with E-state index in [2.05, 4.69) is 25.9 Å². The fourth-order valence-corrected chi connectivity index (χ4v) is 3.44. The number of pyridine rings is 1. The van der Waals surface area contributed by atoms with Crippen molar-refractivity contribution >= 4 is 51.2 Å². The van der Waals surface area contributed by atoms with Gasteiger partial charge >= 0.3 is 6.03 Å². The largest absolute Gasteiger partial charge is 0.332 e. The van der Waals surface area contributed by atoms with E-state index in [0.29, 0.717) is 16.4 Å². The van der Waals surface area contributed by atoms with E-state index in [0.717, 1.165) is 22.1 Å². The standard InChI is InChI=1S/C21H16ClN5OS/c22-15-1-3-16(4-2-15)24-20(28)25-17-5-7-18(8-6-17)26-21-27-19(13-29-21)14-9-11-23-12-10-14/h1-13H,(H,26,27)(H2,24,25,28). The number of halogens is 1. The van der Waals surface area contributed by atoms with Crippen molar-refractivity contribution in [2.45, 2.75) is 0 Å². The maximum Gasteiger partial charge on any atom is 0.323 e. The summed E-state index contributed by atoms with van der Waals surface area (Å²) in [6.45, 7) is 0. The van der Waals surface area contributed by atoms with Crippen molar-refractivity contribution in [3.05, 3.63) is 83.5 Å². The van der Waals surface area contributed by atoms with Crippen LogP contribution < -0.4 is 16.0 Å². The van der Waals surface area contributed by atoms with E-state index in [1.165, 1.54) is 11.3 Å². The van der Waals surface area contributed by atoms with E-state index in [1.807, 2.05) is 41.8 Å².